The van der Waals surface area contributed by atoms with E-state index in [-0.39, 0.29) is 5.38 Å². The van der Waals surface area contributed by atoms with Crippen molar-refractivity contribution < 1.29 is 9.47 Å². The highest BCUT2D eigenvalue weighted by atomic mass is 79.9. The van der Waals surface area contributed by atoms with E-state index in [9.17, 15) is 0 Å². The topological polar surface area (TPSA) is 18.5 Å². The number of benzene rings is 2. The van der Waals surface area contributed by atoms with Gasteiger partial charge in [-0.3, -0.25) is 0 Å². The van der Waals surface area contributed by atoms with Crippen molar-refractivity contribution in [1.82, 2.24) is 0 Å². The van der Waals surface area contributed by atoms with Crippen molar-refractivity contribution in [1.29, 1.82) is 0 Å². The molecule has 0 fully saturated rings. The molecule has 2 nitrogen and oxygen atoms in total. The zero-order valence-electron chi connectivity index (χ0n) is 11.6. The predicted molar refractivity (Wildman–Crippen MR) is 86.1 cm³/mol. The maximum absolute atomic E-state index is 6.59. The monoisotopic (exact) mass is 354 g/mol. The molecule has 0 saturated heterocycles. The average molecular weight is 356 g/mol. The van der Waals surface area contributed by atoms with Crippen LogP contribution in [0.4, 0.5) is 0 Å². The van der Waals surface area contributed by atoms with Crippen LogP contribution >= 0.6 is 27.5 Å². The van der Waals surface area contributed by atoms with E-state index in [1.54, 1.807) is 14.2 Å². The molecule has 0 heterocycles. The first-order chi connectivity index (χ1) is 9.58. The molecule has 2 rings (SSSR count). The number of rotatable bonds is 4. The van der Waals surface area contributed by atoms with Crippen LogP contribution in [0.2, 0.25) is 0 Å². The van der Waals surface area contributed by atoms with Crippen molar-refractivity contribution >= 4 is 27.5 Å². The first kappa shape index (κ1) is 15.2. The molecular formula is C16H16BrClO2. The Labute approximate surface area is 132 Å². The lowest BCUT2D eigenvalue weighted by Crippen LogP contribution is -1.99. The van der Waals surface area contributed by atoms with E-state index in [0.717, 1.165) is 21.3 Å². The SMILES string of the molecule is COc1ccc(C(Cl)c2ccc(C)cc2)c(OC)c1Br. The van der Waals surface area contributed by atoms with Gasteiger partial charge in [0.25, 0.3) is 0 Å². The number of ether oxygens (including phenoxy) is 2. The largest absolute Gasteiger partial charge is 0.495 e. The second-order valence-electron chi connectivity index (χ2n) is 4.48. The molecular weight excluding hydrogens is 340 g/mol. The quantitative estimate of drug-likeness (QED) is 0.710. The summed E-state index contributed by atoms with van der Waals surface area (Å²) in [5.41, 5.74) is 3.15. The smallest absolute Gasteiger partial charge is 0.141 e. The first-order valence-corrected chi connectivity index (χ1v) is 7.42. The minimum Gasteiger partial charge on any atom is -0.495 e. The Morgan fingerprint density at radius 1 is 1.00 bits per heavy atom. The summed E-state index contributed by atoms with van der Waals surface area (Å²) in [5.74, 6) is 1.42. The van der Waals surface area contributed by atoms with Crippen LogP contribution in [0.25, 0.3) is 0 Å². The van der Waals surface area contributed by atoms with Crippen molar-refractivity contribution in [2.45, 2.75) is 12.3 Å². The van der Waals surface area contributed by atoms with Gasteiger partial charge in [-0.2, -0.15) is 0 Å². The third kappa shape index (κ3) is 2.94. The molecule has 0 saturated carbocycles. The molecule has 1 unspecified atom stereocenters. The van der Waals surface area contributed by atoms with E-state index in [0.29, 0.717) is 5.75 Å². The van der Waals surface area contributed by atoms with Gasteiger partial charge in [-0.05, 0) is 40.5 Å². The van der Waals surface area contributed by atoms with Gasteiger partial charge in [-0.15, -0.1) is 11.6 Å². The molecule has 0 spiro atoms. The van der Waals surface area contributed by atoms with Gasteiger partial charge in [-0.1, -0.05) is 29.8 Å². The van der Waals surface area contributed by atoms with E-state index in [1.165, 1.54) is 5.56 Å². The van der Waals surface area contributed by atoms with Gasteiger partial charge < -0.3 is 9.47 Å². The van der Waals surface area contributed by atoms with Crippen LogP contribution in [-0.2, 0) is 0 Å². The number of methoxy groups -OCH3 is 2. The Morgan fingerprint density at radius 3 is 2.20 bits per heavy atom. The van der Waals surface area contributed by atoms with Gasteiger partial charge in [-0.25, -0.2) is 0 Å². The van der Waals surface area contributed by atoms with E-state index < -0.39 is 0 Å². The van der Waals surface area contributed by atoms with Crippen molar-refractivity contribution in [2.75, 3.05) is 14.2 Å². The summed E-state index contributed by atoms with van der Waals surface area (Å²) in [6.45, 7) is 2.05. The summed E-state index contributed by atoms with van der Waals surface area (Å²) in [4.78, 5) is 0. The lowest BCUT2D eigenvalue weighted by atomic mass is 10.0. The Kier molecular flexibility index (Phi) is 4.95. The zero-order chi connectivity index (χ0) is 14.7. The fourth-order valence-corrected chi connectivity index (χ4v) is 3.03. The molecule has 0 aromatic heterocycles. The summed E-state index contributed by atoms with van der Waals surface area (Å²) < 4.78 is 11.5. The summed E-state index contributed by atoms with van der Waals surface area (Å²) in [7, 11) is 3.25. The minimum absolute atomic E-state index is 0.271. The number of aryl methyl sites for hydroxylation is 1. The van der Waals surface area contributed by atoms with Crippen LogP contribution in [0.3, 0.4) is 0 Å². The molecule has 20 heavy (non-hydrogen) atoms. The molecule has 2 aromatic rings. The highest BCUT2D eigenvalue weighted by Gasteiger charge is 2.20. The van der Waals surface area contributed by atoms with Crippen molar-refractivity contribution in [3.05, 3.63) is 57.6 Å². The minimum atomic E-state index is -0.271. The molecule has 0 N–H and O–H groups in total. The van der Waals surface area contributed by atoms with E-state index >= 15 is 0 Å². The lowest BCUT2D eigenvalue weighted by molar-refractivity contribution is 0.386. The number of alkyl halides is 1. The second-order valence-corrected chi connectivity index (χ2v) is 5.71. The first-order valence-electron chi connectivity index (χ1n) is 6.19. The van der Waals surface area contributed by atoms with Crippen LogP contribution < -0.4 is 9.47 Å². The molecule has 106 valence electrons. The molecule has 0 aliphatic carbocycles. The number of halogens is 2. The zero-order valence-corrected chi connectivity index (χ0v) is 14.0. The molecule has 0 amide bonds. The second kappa shape index (κ2) is 6.51. The molecule has 0 radical (unpaired) electrons. The average Bonchev–Trinajstić information content (AvgIpc) is 2.47. The summed E-state index contributed by atoms with van der Waals surface area (Å²) >= 11 is 10.1. The Balaban J connectivity index is 2.46. The van der Waals surface area contributed by atoms with Gasteiger partial charge in [0, 0.05) is 5.56 Å². The van der Waals surface area contributed by atoms with Gasteiger partial charge in [0.2, 0.25) is 0 Å². The summed E-state index contributed by atoms with van der Waals surface area (Å²) in [6, 6.07) is 12.0. The Bertz CT molecular complexity index is 596. The van der Waals surface area contributed by atoms with Crippen LogP contribution in [0, 0.1) is 6.92 Å². The van der Waals surface area contributed by atoms with Crippen molar-refractivity contribution in [3.63, 3.8) is 0 Å². The van der Waals surface area contributed by atoms with Crippen molar-refractivity contribution in [2.24, 2.45) is 0 Å². The van der Waals surface area contributed by atoms with Crippen LogP contribution in [0.5, 0.6) is 11.5 Å². The number of hydrogen-bond donors (Lipinski definition) is 0. The number of hydrogen-bond acceptors (Lipinski definition) is 2. The van der Waals surface area contributed by atoms with E-state index in [2.05, 4.69) is 35.0 Å². The third-order valence-electron chi connectivity index (χ3n) is 3.16. The molecule has 4 heteroatoms. The van der Waals surface area contributed by atoms with Gasteiger partial charge in [0.15, 0.2) is 0 Å². The van der Waals surface area contributed by atoms with Crippen LogP contribution in [0.15, 0.2) is 40.9 Å². The summed E-state index contributed by atoms with van der Waals surface area (Å²) in [5, 5.41) is -0.271. The van der Waals surface area contributed by atoms with Crippen LogP contribution in [-0.4, -0.2) is 14.2 Å². The van der Waals surface area contributed by atoms with Gasteiger partial charge >= 0.3 is 0 Å². The summed E-state index contributed by atoms with van der Waals surface area (Å²) in [6.07, 6.45) is 0. The maximum Gasteiger partial charge on any atom is 0.141 e. The molecule has 0 bridgehead atoms. The van der Waals surface area contributed by atoms with E-state index in [1.807, 2.05) is 24.3 Å². The normalized spacial score (nSPS) is 12.1. The maximum atomic E-state index is 6.59. The molecule has 1 atom stereocenters. The third-order valence-corrected chi connectivity index (χ3v) is 4.40. The fraction of sp³-hybridized carbons (Fsp3) is 0.250. The van der Waals surface area contributed by atoms with Crippen LogP contribution in [0.1, 0.15) is 22.1 Å². The van der Waals surface area contributed by atoms with Crippen molar-refractivity contribution in [3.8, 4) is 11.5 Å². The lowest BCUT2D eigenvalue weighted by Gasteiger charge is -2.17. The Morgan fingerprint density at radius 2 is 1.65 bits per heavy atom. The van der Waals surface area contributed by atoms with E-state index in [4.69, 9.17) is 21.1 Å². The van der Waals surface area contributed by atoms with Gasteiger partial charge in [0.1, 0.15) is 16.0 Å². The fourth-order valence-electron chi connectivity index (χ4n) is 2.03. The highest BCUT2D eigenvalue weighted by molar-refractivity contribution is 9.10. The Hall–Kier alpha value is -1.19. The van der Waals surface area contributed by atoms with Gasteiger partial charge in [0.05, 0.1) is 19.6 Å². The molecule has 0 aliphatic heterocycles. The standard InChI is InChI=1S/C16H16BrClO2/c1-10-4-6-11(7-5-10)15(18)12-8-9-13(19-2)14(17)16(12)20-3/h4-9,15H,1-3H3. The highest BCUT2D eigenvalue weighted by Crippen LogP contribution is 2.43. The predicted octanol–water partition coefficient (Wildman–Crippen LogP) is 5.10. The molecule has 2 aromatic carbocycles. The molecule has 0 aliphatic rings.